The number of fused-ring (bicyclic) bond motifs is 1. The van der Waals surface area contributed by atoms with Gasteiger partial charge in [0.1, 0.15) is 17.3 Å². The number of carbonyl (C=O) groups excluding carboxylic acids is 3. The second-order valence-electron chi connectivity index (χ2n) is 6.37. The molecule has 1 unspecified atom stereocenters. The third-order valence-electron chi connectivity index (χ3n) is 4.60. The number of pyridine rings is 1. The van der Waals surface area contributed by atoms with Crippen LogP contribution in [0.3, 0.4) is 0 Å². The molecule has 9 heteroatoms. The van der Waals surface area contributed by atoms with Crippen LogP contribution in [-0.2, 0) is 14.4 Å². The highest BCUT2D eigenvalue weighted by molar-refractivity contribution is 6.35. The molecule has 1 fully saturated rings. The first kappa shape index (κ1) is 19.9. The quantitative estimate of drug-likeness (QED) is 0.751. The Hall–Kier alpha value is -2.87. The Labute approximate surface area is 167 Å². The van der Waals surface area contributed by atoms with E-state index in [1.54, 1.807) is 24.4 Å². The zero-order valence-corrected chi connectivity index (χ0v) is 16.2. The van der Waals surface area contributed by atoms with E-state index < -0.39 is 11.9 Å². The lowest BCUT2D eigenvalue weighted by molar-refractivity contribution is -0.138. The Morgan fingerprint density at radius 1 is 1.32 bits per heavy atom. The topological polar surface area (TPSA) is 101 Å². The van der Waals surface area contributed by atoms with Crippen LogP contribution < -0.4 is 15.4 Å². The van der Waals surface area contributed by atoms with Gasteiger partial charge in [0, 0.05) is 25.2 Å². The molecule has 148 valence electrons. The summed E-state index contributed by atoms with van der Waals surface area (Å²) < 4.78 is 5.55. The third-order valence-corrected chi connectivity index (χ3v) is 4.93. The van der Waals surface area contributed by atoms with Gasteiger partial charge in [0.2, 0.25) is 11.8 Å². The third kappa shape index (κ3) is 4.33. The number of likely N-dealkylation sites (N-methyl/N-ethyl adjacent to an activating group) is 1. The van der Waals surface area contributed by atoms with Crippen LogP contribution in [0.2, 0.25) is 5.02 Å². The molecule has 8 nitrogen and oxygen atoms in total. The summed E-state index contributed by atoms with van der Waals surface area (Å²) >= 11 is 6.14. The maximum absolute atomic E-state index is 12.3. The summed E-state index contributed by atoms with van der Waals surface area (Å²) in [6.07, 6.45) is 3.00. The van der Waals surface area contributed by atoms with Crippen molar-refractivity contribution < 1.29 is 19.1 Å². The van der Waals surface area contributed by atoms with Crippen molar-refractivity contribution in [1.82, 2.24) is 20.5 Å². The van der Waals surface area contributed by atoms with Crippen molar-refractivity contribution in [3.8, 4) is 5.75 Å². The lowest BCUT2D eigenvalue weighted by atomic mass is 10.2. The van der Waals surface area contributed by atoms with E-state index in [4.69, 9.17) is 16.3 Å². The van der Waals surface area contributed by atoms with Gasteiger partial charge in [-0.2, -0.15) is 0 Å². The van der Waals surface area contributed by atoms with Crippen LogP contribution >= 0.6 is 11.6 Å². The lowest BCUT2D eigenvalue weighted by Gasteiger charge is -2.23. The maximum atomic E-state index is 12.3. The fourth-order valence-corrected chi connectivity index (χ4v) is 3.42. The number of benzene rings is 1. The van der Waals surface area contributed by atoms with Crippen LogP contribution in [-0.4, -0.2) is 60.4 Å². The molecule has 28 heavy (non-hydrogen) atoms. The van der Waals surface area contributed by atoms with Crippen molar-refractivity contribution in [3.63, 3.8) is 0 Å². The van der Waals surface area contributed by atoms with Gasteiger partial charge in [-0.15, -0.1) is 0 Å². The molecule has 3 rings (SSSR count). The molecule has 0 aliphatic carbocycles. The van der Waals surface area contributed by atoms with E-state index in [2.05, 4.69) is 15.6 Å². The molecule has 2 aromatic rings. The minimum absolute atomic E-state index is 0.185. The predicted octanol–water partition coefficient (Wildman–Crippen LogP) is 1.12. The van der Waals surface area contributed by atoms with Gasteiger partial charge in [-0.3, -0.25) is 19.4 Å². The molecule has 1 saturated heterocycles. The molecule has 1 aromatic heterocycles. The molecule has 1 aliphatic rings. The standard InChI is InChI=1S/C19H21ClN4O4/c1-21-19(27)14-5-3-9-24(14)17(26)10-23-16(25)11-28-15-7-6-13(20)12-4-2-8-22-18(12)15/h2,4,6-8,14H,3,5,9-11H2,1H3,(H,21,27)(H,23,25). The number of hydrogen-bond donors (Lipinski definition) is 2. The van der Waals surface area contributed by atoms with Gasteiger partial charge >= 0.3 is 0 Å². The smallest absolute Gasteiger partial charge is 0.258 e. The van der Waals surface area contributed by atoms with E-state index in [1.165, 1.54) is 11.9 Å². The number of nitrogens with one attached hydrogen (secondary N) is 2. The average Bonchev–Trinajstić information content (AvgIpc) is 3.21. The first-order valence-corrected chi connectivity index (χ1v) is 9.33. The number of hydrogen-bond acceptors (Lipinski definition) is 5. The van der Waals surface area contributed by atoms with Crippen molar-refractivity contribution >= 4 is 40.2 Å². The average molecular weight is 405 g/mol. The summed E-state index contributed by atoms with van der Waals surface area (Å²) in [6.45, 7) is 0.0560. The highest BCUT2D eigenvalue weighted by Crippen LogP contribution is 2.29. The van der Waals surface area contributed by atoms with Crippen molar-refractivity contribution in [2.45, 2.75) is 18.9 Å². The van der Waals surface area contributed by atoms with Crippen LogP contribution in [0.15, 0.2) is 30.5 Å². The maximum Gasteiger partial charge on any atom is 0.258 e. The van der Waals surface area contributed by atoms with Crippen molar-refractivity contribution in [2.24, 2.45) is 0 Å². The molecule has 2 N–H and O–H groups in total. The molecule has 0 bridgehead atoms. The molecule has 1 atom stereocenters. The van der Waals surface area contributed by atoms with Gasteiger partial charge in [0.05, 0.1) is 11.6 Å². The molecular formula is C19H21ClN4O4. The zero-order valence-electron chi connectivity index (χ0n) is 15.4. The fraction of sp³-hybridized carbons (Fsp3) is 0.368. The highest BCUT2D eigenvalue weighted by Gasteiger charge is 2.33. The van der Waals surface area contributed by atoms with Gasteiger partial charge in [-0.25, -0.2) is 0 Å². The molecule has 0 radical (unpaired) electrons. The molecule has 0 saturated carbocycles. The number of ether oxygens (including phenoxy) is 1. The first-order chi connectivity index (χ1) is 13.5. The molecular weight excluding hydrogens is 384 g/mol. The summed E-state index contributed by atoms with van der Waals surface area (Å²) in [4.78, 5) is 42.0. The van der Waals surface area contributed by atoms with Gasteiger partial charge in [0.15, 0.2) is 6.61 Å². The minimum atomic E-state index is -0.475. The Balaban J connectivity index is 1.53. The van der Waals surface area contributed by atoms with Gasteiger partial charge in [-0.05, 0) is 37.1 Å². The van der Waals surface area contributed by atoms with Crippen LogP contribution in [0, 0.1) is 0 Å². The number of carbonyl (C=O) groups is 3. The van der Waals surface area contributed by atoms with Gasteiger partial charge in [0.25, 0.3) is 5.91 Å². The largest absolute Gasteiger partial charge is 0.481 e. The van der Waals surface area contributed by atoms with E-state index in [9.17, 15) is 14.4 Å². The molecule has 0 spiro atoms. The number of likely N-dealkylation sites (tertiary alicyclic amines) is 1. The number of halogens is 1. The number of amides is 3. The Bertz CT molecular complexity index is 905. The monoisotopic (exact) mass is 404 g/mol. The summed E-state index contributed by atoms with van der Waals surface area (Å²) in [5.41, 5.74) is 0.560. The normalized spacial score (nSPS) is 16.1. The number of nitrogens with zero attached hydrogens (tertiary/aromatic N) is 2. The van der Waals surface area contributed by atoms with E-state index in [-0.39, 0.29) is 25.0 Å². The van der Waals surface area contributed by atoms with Gasteiger partial charge in [-0.1, -0.05) is 11.6 Å². The Morgan fingerprint density at radius 2 is 2.14 bits per heavy atom. The summed E-state index contributed by atoms with van der Waals surface area (Å²) in [5.74, 6) is -0.496. The van der Waals surface area contributed by atoms with Crippen molar-refractivity contribution in [2.75, 3.05) is 26.7 Å². The second kappa shape index (κ2) is 8.88. The number of aromatic nitrogens is 1. The zero-order chi connectivity index (χ0) is 20.1. The molecule has 1 aliphatic heterocycles. The molecule has 2 heterocycles. The van der Waals surface area contributed by atoms with E-state index in [0.717, 1.165) is 11.8 Å². The van der Waals surface area contributed by atoms with E-state index in [0.29, 0.717) is 29.3 Å². The summed E-state index contributed by atoms with van der Waals surface area (Å²) in [6, 6.07) is 6.43. The lowest BCUT2D eigenvalue weighted by Crippen LogP contribution is -2.48. The van der Waals surface area contributed by atoms with E-state index in [1.807, 2.05) is 6.07 Å². The Kier molecular flexibility index (Phi) is 6.30. The first-order valence-electron chi connectivity index (χ1n) is 8.95. The SMILES string of the molecule is CNC(=O)C1CCCN1C(=O)CNC(=O)COc1ccc(Cl)c2cccnc12. The van der Waals surface area contributed by atoms with Crippen LogP contribution in [0.5, 0.6) is 5.75 Å². The summed E-state index contributed by atoms with van der Waals surface area (Å²) in [7, 11) is 1.54. The van der Waals surface area contributed by atoms with Crippen molar-refractivity contribution in [3.05, 3.63) is 35.5 Å². The van der Waals surface area contributed by atoms with Crippen LogP contribution in [0.4, 0.5) is 0 Å². The molecule has 1 aromatic carbocycles. The Morgan fingerprint density at radius 3 is 2.93 bits per heavy atom. The minimum Gasteiger partial charge on any atom is -0.481 e. The fourth-order valence-electron chi connectivity index (χ4n) is 3.20. The number of rotatable bonds is 6. The predicted molar refractivity (Wildman–Crippen MR) is 104 cm³/mol. The summed E-state index contributed by atoms with van der Waals surface area (Å²) in [5, 5.41) is 6.36. The van der Waals surface area contributed by atoms with Crippen molar-refractivity contribution in [1.29, 1.82) is 0 Å². The van der Waals surface area contributed by atoms with E-state index >= 15 is 0 Å². The van der Waals surface area contributed by atoms with Crippen LogP contribution in [0.25, 0.3) is 10.9 Å². The van der Waals surface area contributed by atoms with Gasteiger partial charge < -0.3 is 20.3 Å². The highest BCUT2D eigenvalue weighted by atomic mass is 35.5. The van der Waals surface area contributed by atoms with Crippen LogP contribution in [0.1, 0.15) is 12.8 Å². The molecule has 3 amide bonds. The second-order valence-corrected chi connectivity index (χ2v) is 6.78.